The van der Waals surface area contributed by atoms with Gasteiger partial charge < -0.3 is 5.73 Å². The van der Waals surface area contributed by atoms with E-state index in [4.69, 9.17) is 5.73 Å². The third-order valence-electron chi connectivity index (χ3n) is 4.28. The molecule has 1 aromatic rings. The quantitative estimate of drug-likeness (QED) is 0.907. The van der Waals surface area contributed by atoms with E-state index in [1.54, 1.807) is 8.61 Å². The van der Waals surface area contributed by atoms with Crippen LogP contribution < -0.4 is 5.73 Å². The molecule has 3 rings (SSSR count). The average Bonchev–Trinajstić information content (AvgIpc) is 2.92. The molecule has 0 amide bonds. The van der Waals surface area contributed by atoms with Gasteiger partial charge >= 0.3 is 0 Å². The van der Waals surface area contributed by atoms with Crippen molar-refractivity contribution in [1.29, 1.82) is 0 Å². The Morgan fingerprint density at radius 2 is 1.80 bits per heavy atom. The highest BCUT2D eigenvalue weighted by Crippen LogP contribution is 2.29. The van der Waals surface area contributed by atoms with Crippen LogP contribution in [0.2, 0.25) is 0 Å². The summed E-state index contributed by atoms with van der Waals surface area (Å²) in [6, 6.07) is 7.87. The fourth-order valence-corrected chi connectivity index (χ4v) is 4.96. The van der Waals surface area contributed by atoms with Crippen LogP contribution in [0.25, 0.3) is 0 Å². The Kier molecular flexibility index (Phi) is 3.81. The van der Waals surface area contributed by atoms with E-state index in [1.165, 1.54) is 0 Å². The van der Waals surface area contributed by atoms with E-state index in [0.717, 1.165) is 30.4 Å². The van der Waals surface area contributed by atoms with Crippen molar-refractivity contribution in [2.45, 2.75) is 38.4 Å². The lowest BCUT2D eigenvalue weighted by Crippen LogP contribution is -2.51. The van der Waals surface area contributed by atoms with E-state index in [2.05, 4.69) is 0 Å². The third-order valence-corrected chi connectivity index (χ3v) is 6.26. The van der Waals surface area contributed by atoms with Crippen LogP contribution in [0.1, 0.15) is 30.4 Å². The van der Waals surface area contributed by atoms with Crippen LogP contribution in [-0.2, 0) is 23.3 Å². The zero-order valence-corrected chi connectivity index (χ0v) is 12.3. The maximum Gasteiger partial charge on any atom is 0.282 e. The lowest BCUT2D eigenvalue weighted by Gasteiger charge is -2.36. The van der Waals surface area contributed by atoms with E-state index in [9.17, 15) is 8.42 Å². The van der Waals surface area contributed by atoms with Gasteiger partial charge in [-0.2, -0.15) is 17.0 Å². The van der Waals surface area contributed by atoms with Crippen molar-refractivity contribution in [2.24, 2.45) is 5.73 Å². The largest absolute Gasteiger partial charge is 0.329 e. The Balaban J connectivity index is 1.83. The number of nitrogens with zero attached hydrogens (tertiary/aromatic N) is 2. The van der Waals surface area contributed by atoms with Gasteiger partial charge in [0.05, 0.1) is 0 Å². The minimum atomic E-state index is -3.40. The van der Waals surface area contributed by atoms with Gasteiger partial charge in [0.25, 0.3) is 10.2 Å². The molecule has 1 unspecified atom stereocenters. The molecule has 20 heavy (non-hydrogen) atoms. The zero-order chi connectivity index (χ0) is 14.2. The number of piperidine rings is 1. The van der Waals surface area contributed by atoms with Crippen molar-refractivity contribution in [1.82, 2.24) is 8.61 Å². The third kappa shape index (κ3) is 2.37. The summed E-state index contributed by atoms with van der Waals surface area (Å²) in [6.07, 6.45) is 2.86. The van der Waals surface area contributed by atoms with Gasteiger partial charge in [-0.15, -0.1) is 0 Å². The van der Waals surface area contributed by atoms with Gasteiger partial charge in [0, 0.05) is 32.2 Å². The summed E-state index contributed by atoms with van der Waals surface area (Å²) in [5, 5.41) is 0. The Morgan fingerprint density at radius 1 is 1.15 bits per heavy atom. The zero-order valence-electron chi connectivity index (χ0n) is 11.5. The van der Waals surface area contributed by atoms with Crippen molar-refractivity contribution in [3.8, 4) is 0 Å². The van der Waals surface area contributed by atoms with Crippen molar-refractivity contribution >= 4 is 10.2 Å². The number of hydrogen-bond donors (Lipinski definition) is 1. The number of rotatable bonds is 3. The topological polar surface area (TPSA) is 66.6 Å². The molecule has 110 valence electrons. The van der Waals surface area contributed by atoms with Crippen molar-refractivity contribution in [3.05, 3.63) is 35.4 Å². The predicted molar refractivity (Wildman–Crippen MR) is 78.0 cm³/mol. The maximum absolute atomic E-state index is 12.8. The summed E-state index contributed by atoms with van der Waals surface area (Å²) in [5.41, 5.74) is 7.97. The molecule has 0 aliphatic carbocycles. The average molecular weight is 295 g/mol. The summed E-state index contributed by atoms with van der Waals surface area (Å²) >= 11 is 0. The van der Waals surface area contributed by atoms with Crippen LogP contribution >= 0.6 is 0 Å². The standard InChI is InChI=1S/C14H21N3O2S/c15-9-14-7-3-4-8-17(14)20(18,19)16-10-12-5-1-2-6-13(12)11-16/h1-2,5-6,14H,3-4,7-11,15H2. The lowest BCUT2D eigenvalue weighted by atomic mass is 10.1. The van der Waals surface area contributed by atoms with Gasteiger partial charge in [0.1, 0.15) is 0 Å². The number of benzene rings is 1. The van der Waals surface area contributed by atoms with Crippen LogP contribution in [0.4, 0.5) is 0 Å². The number of hydrogen-bond acceptors (Lipinski definition) is 3. The van der Waals surface area contributed by atoms with E-state index in [-0.39, 0.29) is 6.04 Å². The van der Waals surface area contributed by atoms with Crippen molar-refractivity contribution in [3.63, 3.8) is 0 Å². The second-order valence-electron chi connectivity index (χ2n) is 5.54. The molecule has 1 atom stereocenters. The first-order valence-electron chi connectivity index (χ1n) is 7.16. The van der Waals surface area contributed by atoms with Crippen molar-refractivity contribution in [2.75, 3.05) is 13.1 Å². The molecule has 2 aliphatic rings. The highest BCUT2D eigenvalue weighted by molar-refractivity contribution is 7.86. The molecule has 2 aliphatic heterocycles. The smallest absolute Gasteiger partial charge is 0.282 e. The van der Waals surface area contributed by atoms with Crippen LogP contribution in [0.3, 0.4) is 0 Å². The SMILES string of the molecule is NCC1CCCCN1S(=O)(=O)N1Cc2ccccc2C1. The second kappa shape index (κ2) is 5.44. The van der Waals surface area contributed by atoms with E-state index in [1.807, 2.05) is 24.3 Å². The van der Waals surface area contributed by atoms with Gasteiger partial charge in [-0.25, -0.2) is 0 Å². The fraction of sp³-hybridized carbons (Fsp3) is 0.571. The first-order valence-corrected chi connectivity index (χ1v) is 8.56. The van der Waals surface area contributed by atoms with Gasteiger partial charge in [-0.05, 0) is 24.0 Å². The van der Waals surface area contributed by atoms with Crippen molar-refractivity contribution < 1.29 is 8.42 Å². The molecule has 1 aromatic carbocycles. The summed E-state index contributed by atoms with van der Waals surface area (Å²) in [5.74, 6) is 0. The Labute approximate surface area is 120 Å². The molecule has 0 aromatic heterocycles. The Morgan fingerprint density at radius 3 is 2.40 bits per heavy atom. The van der Waals surface area contributed by atoms with E-state index in [0.29, 0.717) is 26.2 Å². The first kappa shape index (κ1) is 14.0. The minimum Gasteiger partial charge on any atom is -0.329 e. The van der Waals surface area contributed by atoms with Crippen LogP contribution in [0.5, 0.6) is 0 Å². The lowest BCUT2D eigenvalue weighted by molar-refractivity contribution is 0.235. The molecule has 2 N–H and O–H groups in total. The normalized spacial score (nSPS) is 24.8. The van der Waals surface area contributed by atoms with E-state index < -0.39 is 10.2 Å². The molecule has 6 heteroatoms. The summed E-state index contributed by atoms with van der Waals surface area (Å²) in [4.78, 5) is 0. The summed E-state index contributed by atoms with van der Waals surface area (Å²) < 4.78 is 28.8. The molecule has 0 radical (unpaired) electrons. The minimum absolute atomic E-state index is 0.0440. The molecule has 0 spiro atoms. The first-order chi connectivity index (χ1) is 9.63. The molecule has 2 heterocycles. The summed E-state index contributed by atoms with van der Waals surface area (Å²) in [6.45, 7) is 1.95. The number of fused-ring (bicyclic) bond motifs is 1. The van der Waals surface area contributed by atoms with E-state index >= 15 is 0 Å². The molecular weight excluding hydrogens is 274 g/mol. The van der Waals surface area contributed by atoms with Gasteiger partial charge in [-0.3, -0.25) is 0 Å². The van der Waals surface area contributed by atoms with Gasteiger partial charge in [-0.1, -0.05) is 30.7 Å². The van der Waals surface area contributed by atoms with Crippen LogP contribution in [-0.4, -0.2) is 36.2 Å². The molecule has 1 fully saturated rings. The highest BCUT2D eigenvalue weighted by atomic mass is 32.2. The van der Waals surface area contributed by atoms with Gasteiger partial charge in [0.2, 0.25) is 0 Å². The maximum atomic E-state index is 12.8. The molecule has 5 nitrogen and oxygen atoms in total. The molecule has 0 bridgehead atoms. The second-order valence-corrected chi connectivity index (χ2v) is 7.42. The Hall–Kier alpha value is -0.950. The van der Waals surface area contributed by atoms with Crippen LogP contribution in [0, 0.1) is 0 Å². The summed E-state index contributed by atoms with van der Waals surface area (Å²) in [7, 11) is -3.40. The Bertz CT molecular complexity index is 563. The van der Waals surface area contributed by atoms with Gasteiger partial charge in [0.15, 0.2) is 0 Å². The monoisotopic (exact) mass is 295 g/mol. The fourth-order valence-electron chi connectivity index (χ4n) is 3.13. The highest BCUT2D eigenvalue weighted by Gasteiger charge is 2.38. The molecule has 0 saturated carbocycles. The van der Waals surface area contributed by atoms with Crippen LogP contribution in [0.15, 0.2) is 24.3 Å². The predicted octanol–water partition coefficient (Wildman–Crippen LogP) is 1.06. The number of nitrogens with two attached hydrogens (primary N) is 1. The molecule has 1 saturated heterocycles. The molecular formula is C14H21N3O2S.